The Morgan fingerprint density at radius 1 is 1.18 bits per heavy atom. The number of amides is 2. The molecular weight excluding hydrogens is 320 g/mol. The summed E-state index contributed by atoms with van der Waals surface area (Å²) >= 11 is 7.21. The number of thiophene rings is 1. The van der Waals surface area contributed by atoms with Crippen LogP contribution in [0.15, 0.2) is 36.4 Å². The van der Waals surface area contributed by atoms with Gasteiger partial charge in [0, 0.05) is 18.2 Å². The maximum absolute atomic E-state index is 12.6. The average Bonchev–Trinajstić information content (AvgIpc) is 3.25. The van der Waals surface area contributed by atoms with E-state index in [4.69, 9.17) is 17.3 Å². The zero-order valence-electron chi connectivity index (χ0n) is 11.8. The number of nitrogens with zero attached hydrogens (tertiary/aromatic N) is 1. The van der Waals surface area contributed by atoms with E-state index in [1.54, 1.807) is 24.3 Å². The third-order valence-electron chi connectivity index (χ3n) is 3.62. The minimum Gasteiger partial charge on any atom is -0.366 e. The molecular formula is C16H15ClN2O2S. The fourth-order valence-corrected chi connectivity index (χ4v) is 3.29. The third kappa shape index (κ3) is 3.31. The first-order valence-corrected chi connectivity index (χ1v) is 8.19. The Labute approximate surface area is 137 Å². The predicted octanol–water partition coefficient (Wildman–Crippen LogP) is 3.31. The normalized spacial score (nSPS) is 13.9. The molecule has 2 N–H and O–H groups in total. The Hall–Kier alpha value is -1.85. The van der Waals surface area contributed by atoms with E-state index in [1.165, 1.54) is 11.3 Å². The van der Waals surface area contributed by atoms with Gasteiger partial charge in [-0.15, -0.1) is 11.3 Å². The summed E-state index contributed by atoms with van der Waals surface area (Å²) in [5.41, 5.74) is 6.69. The lowest BCUT2D eigenvalue weighted by Gasteiger charge is -2.22. The molecule has 0 atom stereocenters. The van der Waals surface area contributed by atoms with Crippen molar-refractivity contribution in [2.45, 2.75) is 25.4 Å². The third-order valence-corrected chi connectivity index (χ3v) is 4.84. The van der Waals surface area contributed by atoms with Gasteiger partial charge in [0.1, 0.15) is 0 Å². The molecule has 0 bridgehead atoms. The van der Waals surface area contributed by atoms with Crippen molar-refractivity contribution in [3.8, 4) is 0 Å². The van der Waals surface area contributed by atoms with Crippen molar-refractivity contribution in [2.24, 2.45) is 5.73 Å². The van der Waals surface area contributed by atoms with Crippen molar-refractivity contribution in [3.63, 3.8) is 0 Å². The molecule has 0 unspecified atom stereocenters. The van der Waals surface area contributed by atoms with Gasteiger partial charge in [-0.25, -0.2) is 0 Å². The topological polar surface area (TPSA) is 63.4 Å². The second-order valence-electron chi connectivity index (χ2n) is 5.33. The number of hydrogen-bond acceptors (Lipinski definition) is 3. The zero-order valence-corrected chi connectivity index (χ0v) is 13.4. The second kappa shape index (κ2) is 6.10. The minimum absolute atomic E-state index is 0.0124. The molecule has 1 heterocycles. The van der Waals surface area contributed by atoms with Gasteiger partial charge in [-0.05, 0) is 42.7 Å². The summed E-state index contributed by atoms with van der Waals surface area (Å²) in [4.78, 5) is 26.3. The van der Waals surface area contributed by atoms with Crippen molar-refractivity contribution in [1.82, 2.24) is 4.90 Å². The molecule has 1 aliphatic rings. The first-order valence-electron chi connectivity index (χ1n) is 6.99. The highest BCUT2D eigenvalue weighted by molar-refractivity contribution is 7.17. The minimum atomic E-state index is -0.449. The molecule has 1 aromatic carbocycles. The summed E-state index contributed by atoms with van der Waals surface area (Å²) in [7, 11) is 0. The van der Waals surface area contributed by atoms with Gasteiger partial charge < -0.3 is 10.6 Å². The molecule has 4 nitrogen and oxygen atoms in total. The number of halogens is 1. The highest BCUT2D eigenvalue weighted by atomic mass is 35.5. The van der Waals surface area contributed by atoms with Crippen LogP contribution in [0.2, 0.25) is 4.34 Å². The summed E-state index contributed by atoms with van der Waals surface area (Å²) in [6.07, 6.45) is 2.06. The van der Waals surface area contributed by atoms with Gasteiger partial charge in [-0.1, -0.05) is 23.7 Å². The molecule has 1 aromatic heterocycles. The van der Waals surface area contributed by atoms with Crippen LogP contribution in [0.3, 0.4) is 0 Å². The van der Waals surface area contributed by atoms with E-state index in [0.717, 1.165) is 18.4 Å². The number of primary amides is 1. The van der Waals surface area contributed by atoms with Crippen LogP contribution >= 0.6 is 22.9 Å². The van der Waals surface area contributed by atoms with Gasteiger partial charge >= 0.3 is 0 Å². The van der Waals surface area contributed by atoms with Gasteiger partial charge in [0.25, 0.3) is 5.91 Å². The van der Waals surface area contributed by atoms with Crippen LogP contribution in [0.25, 0.3) is 0 Å². The molecule has 0 aliphatic heterocycles. The van der Waals surface area contributed by atoms with Gasteiger partial charge in [-0.3, -0.25) is 9.59 Å². The monoisotopic (exact) mass is 334 g/mol. The van der Waals surface area contributed by atoms with Gasteiger partial charge in [-0.2, -0.15) is 0 Å². The zero-order chi connectivity index (χ0) is 15.7. The van der Waals surface area contributed by atoms with Crippen LogP contribution in [-0.4, -0.2) is 22.8 Å². The number of carbonyl (C=O) groups is 2. The van der Waals surface area contributed by atoms with Crippen molar-refractivity contribution in [1.29, 1.82) is 0 Å². The average molecular weight is 335 g/mol. The maximum Gasteiger partial charge on any atom is 0.264 e. The van der Waals surface area contributed by atoms with E-state index < -0.39 is 5.91 Å². The Balaban J connectivity index is 1.77. The van der Waals surface area contributed by atoms with Gasteiger partial charge in [0.05, 0.1) is 9.21 Å². The van der Waals surface area contributed by atoms with Crippen LogP contribution < -0.4 is 5.73 Å². The molecule has 3 rings (SSSR count). The van der Waals surface area contributed by atoms with E-state index in [2.05, 4.69) is 0 Å². The van der Waals surface area contributed by atoms with E-state index in [1.807, 2.05) is 17.0 Å². The second-order valence-corrected chi connectivity index (χ2v) is 7.04. The lowest BCUT2D eigenvalue weighted by molar-refractivity contribution is 0.0734. The SMILES string of the molecule is NC(=O)c1ccc(CN(C(=O)c2ccc(Cl)s2)C2CC2)cc1. The summed E-state index contributed by atoms with van der Waals surface area (Å²) < 4.78 is 0.616. The smallest absolute Gasteiger partial charge is 0.264 e. The maximum atomic E-state index is 12.6. The quantitative estimate of drug-likeness (QED) is 0.911. The van der Waals surface area contributed by atoms with E-state index >= 15 is 0 Å². The van der Waals surface area contributed by atoms with E-state index in [-0.39, 0.29) is 5.91 Å². The molecule has 114 valence electrons. The van der Waals surface area contributed by atoms with Gasteiger partial charge in [0.15, 0.2) is 0 Å². The molecule has 2 aromatic rings. The molecule has 0 saturated heterocycles. The lowest BCUT2D eigenvalue weighted by atomic mass is 10.1. The Kier molecular flexibility index (Phi) is 4.18. The first kappa shape index (κ1) is 15.1. The van der Waals surface area contributed by atoms with Crippen molar-refractivity contribution in [3.05, 3.63) is 56.7 Å². The number of carbonyl (C=O) groups excluding carboxylic acids is 2. The Morgan fingerprint density at radius 3 is 2.36 bits per heavy atom. The lowest BCUT2D eigenvalue weighted by Crippen LogP contribution is -2.32. The number of nitrogens with two attached hydrogens (primary N) is 1. The van der Waals surface area contributed by atoms with Crippen molar-refractivity contribution < 1.29 is 9.59 Å². The predicted molar refractivity (Wildman–Crippen MR) is 87.2 cm³/mol. The molecule has 1 saturated carbocycles. The van der Waals surface area contributed by atoms with Crippen molar-refractivity contribution >= 4 is 34.8 Å². The van der Waals surface area contributed by atoms with Crippen LogP contribution in [-0.2, 0) is 6.54 Å². The van der Waals surface area contributed by atoms with Crippen LogP contribution in [0.4, 0.5) is 0 Å². The van der Waals surface area contributed by atoms with Crippen LogP contribution in [0.5, 0.6) is 0 Å². The fourth-order valence-electron chi connectivity index (χ4n) is 2.29. The summed E-state index contributed by atoms with van der Waals surface area (Å²) in [5.74, 6) is -0.437. The van der Waals surface area contributed by atoms with E-state index in [0.29, 0.717) is 27.4 Å². The standard InChI is InChI=1S/C16H15ClN2O2S/c17-14-8-7-13(22-14)16(21)19(12-5-6-12)9-10-1-3-11(4-2-10)15(18)20/h1-4,7-8,12H,5-6,9H2,(H2,18,20). The fraction of sp³-hybridized carbons (Fsp3) is 0.250. The molecule has 0 spiro atoms. The summed E-state index contributed by atoms with van der Waals surface area (Å²) in [5, 5.41) is 0. The molecule has 0 radical (unpaired) electrons. The number of hydrogen-bond donors (Lipinski definition) is 1. The largest absolute Gasteiger partial charge is 0.366 e. The van der Waals surface area contributed by atoms with Gasteiger partial charge in [0.2, 0.25) is 5.91 Å². The van der Waals surface area contributed by atoms with Crippen LogP contribution in [0.1, 0.15) is 38.4 Å². The number of rotatable bonds is 5. The van der Waals surface area contributed by atoms with Crippen molar-refractivity contribution in [2.75, 3.05) is 0 Å². The molecule has 1 fully saturated rings. The highest BCUT2D eigenvalue weighted by Crippen LogP contribution is 2.32. The number of benzene rings is 1. The molecule has 6 heteroatoms. The highest BCUT2D eigenvalue weighted by Gasteiger charge is 2.33. The van der Waals surface area contributed by atoms with Crippen LogP contribution in [0, 0.1) is 0 Å². The molecule has 22 heavy (non-hydrogen) atoms. The Morgan fingerprint density at radius 2 is 1.86 bits per heavy atom. The Bertz CT molecular complexity index is 707. The first-order chi connectivity index (χ1) is 10.5. The summed E-state index contributed by atoms with van der Waals surface area (Å²) in [6, 6.07) is 10.9. The molecule has 2 amide bonds. The summed E-state index contributed by atoms with van der Waals surface area (Å²) in [6.45, 7) is 0.526. The molecule has 1 aliphatic carbocycles. The van der Waals surface area contributed by atoms with E-state index in [9.17, 15) is 9.59 Å².